The molecule has 1 saturated heterocycles. The van der Waals surface area contributed by atoms with Crippen LogP contribution in [-0.4, -0.2) is 35.8 Å². The van der Waals surface area contributed by atoms with Crippen molar-refractivity contribution in [3.63, 3.8) is 0 Å². The second-order valence-corrected chi connectivity index (χ2v) is 10.7. The summed E-state index contributed by atoms with van der Waals surface area (Å²) < 4.78 is 0. The minimum Gasteiger partial charge on any atom is -0.349 e. The van der Waals surface area contributed by atoms with E-state index >= 15 is 0 Å². The van der Waals surface area contributed by atoms with E-state index in [1.165, 1.54) is 19.3 Å². The summed E-state index contributed by atoms with van der Waals surface area (Å²) in [6.45, 7) is 1.49. The van der Waals surface area contributed by atoms with Crippen LogP contribution < -0.4 is 5.32 Å². The molecule has 0 aromatic heterocycles. The molecule has 0 radical (unpaired) electrons. The number of carbonyl (C=O) groups excluding carboxylic acids is 2. The highest BCUT2D eigenvalue weighted by atomic mass is 35.5. The van der Waals surface area contributed by atoms with Gasteiger partial charge >= 0.3 is 0 Å². The van der Waals surface area contributed by atoms with Gasteiger partial charge in [0, 0.05) is 24.7 Å². The van der Waals surface area contributed by atoms with Crippen LogP contribution in [0.15, 0.2) is 18.2 Å². The van der Waals surface area contributed by atoms with Crippen LogP contribution in [0.1, 0.15) is 61.7 Å². The number of amides is 2. The van der Waals surface area contributed by atoms with Gasteiger partial charge in [0.1, 0.15) is 0 Å². The number of likely N-dealkylation sites (tertiary alicyclic amines) is 1. The first-order valence-electron chi connectivity index (χ1n) is 11.0. The van der Waals surface area contributed by atoms with Crippen LogP contribution >= 0.6 is 23.2 Å². The first-order chi connectivity index (χ1) is 13.9. The van der Waals surface area contributed by atoms with Crippen LogP contribution in [0.25, 0.3) is 0 Å². The molecule has 156 valence electrons. The molecule has 29 heavy (non-hydrogen) atoms. The second-order valence-electron chi connectivity index (χ2n) is 9.87. The molecule has 0 unspecified atom stereocenters. The van der Waals surface area contributed by atoms with Crippen LogP contribution in [0.3, 0.4) is 0 Å². The highest BCUT2D eigenvalue weighted by Crippen LogP contribution is 2.60. The first kappa shape index (κ1) is 19.7. The van der Waals surface area contributed by atoms with E-state index in [2.05, 4.69) is 10.2 Å². The highest BCUT2D eigenvalue weighted by Gasteiger charge is 2.55. The van der Waals surface area contributed by atoms with E-state index < -0.39 is 0 Å². The summed E-state index contributed by atoms with van der Waals surface area (Å²) in [7, 11) is 0. The van der Waals surface area contributed by atoms with Crippen molar-refractivity contribution in [3.05, 3.63) is 33.8 Å². The van der Waals surface area contributed by atoms with Crippen LogP contribution in [0.4, 0.5) is 0 Å². The summed E-state index contributed by atoms with van der Waals surface area (Å²) in [5.74, 6) is 2.63. The largest absolute Gasteiger partial charge is 0.349 e. The molecule has 1 aromatic rings. The summed E-state index contributed by atoms with van der Waals surface area (Å²) in [6.07, 6.45) is 9.04. The van der Waals surface area contributed by atoms with Gasteiger partial charge in [-0.15, -0.1) is 0 Å². The van der Waals surface area contributed by atoms with E-state index in [0.717, 1.165) is 62.9 Å². The van der Waals surface area contributed by atoms with Crippen molar-refractivity contribution in [2.75, 3.05) is 13.1 Å². The topological polar surface area (TPSA) is 49.4 Å². The fraction of sp³-hybridized carbons (Fsp3) is 0.652. The molecule has 4 aliphatic carbocycles. The summed E-state index contributed by atoms with van der Waals surface area (Å²) in [6, 6.07) is 5.03. The van der Waals surface area contributed by atoms with E-state index in [9.17, 15) is 9.59 Å². The predicted molar refractivity (Wildman–Crippen MR) is 114 cm³/mol. The van der Waals surface area contributed by atoms with E-state index in [-0.39, 0.29) is 17.4 Å². The van der Waals surface area contributed by atoms with Crippen molar-refractivity contribution in [2.45, 2.75) is 57.4 Å². The fourth-order valence-corrected chi connectivity index (χ4v) is 7.14. The third-order valence-electron chi connectivity index (χ3n) is 7.79. The number of rotatable bonds is 3. The van der Waals surface area contributed by atoms with E-state index in [1.807, 2.05) is 0 Å². The van der Waals surface area contributed by atoms with Crippen molar-refractivity contribution >= 4 is 35.0 Å². The van der Waals surface area contributed by atoms with Crippen LogP contribution in [0.5, 0.6) is 0 Å². The second kappa shape index (κ2) is 7.46. The molecule has 0 spiro atoms. The summed E-state index contributed by atoms with van der Waals surface area (Å²) >= 11 is 12.0. The van der Waals surface area contributed by atoms with Crippen molar-refractivity contribution in [1.29, 1.82) is 0 Å². The quantitative estimate of drug-likeness (QED) is 0.732. The molecule has 6 heteroatoms. The van der Waals surface area contributed by atoms with E-state index in [1.54, 1.807) is 18.2 Å². The van der Waals surface area contributed by atoms with Gasteiger partial charge in [-0.1, -0.05) is 23.2 Å². The Morgan fingerprint density at radius 1 is 0.931 bits per heavy atom. The van der Waals surface area contributed by atoms with Gasteiger partial charge < -0.3 is 10.2 Å². The smallest absolute Gasteiger partial charge is 0.251 e. The average Bonchev–Trinajstić information content (AvgIpc) is 2.69. The number of carbonyl (C=O) groups is 2. The number of hydrogen-bond donors (Lipinski definition) is 1. The zero-order valence-corrected chi connectivity index (χ0v) is 18.1. The maximum atomic E-state index is 13.5. The normalized spacial score (nSPS) is 33.7. The molecule has 4 saturated carbocycles. The standard InChI is InChI=1S/C23H28Cl2N2O2/c24-19-2-1-17(10-20(19)25)21(28)26-18-3-5-27(6-4-18)22(29)23-11-14-7-15(12-23)9-16(8-14)13-23/h1-2,10,14-16,18H,3-9,11-13H2,(H,26,28). The number of benzene rings is 1. The molecule has 5 aliphatic rings. The molecule has 1 heterocycles. The minimum absolute atomic E-state index is 0.0646. The molecule has 6 rings (SSSR count). The van der Waals surface area contributed by atoms with Gasteiger partial charge in [0.25, 0.3) is 5.91 Å². The predicted octanol–water partition coefficient (Wildman–Crippen LogP) is 4.93. The maximum Gasteiger partial charge on any atom is 0.251 e. The Balaban J connectivity index is 1.18. The zero-order valence-electron chi connectivity index (χ0n) is 16.6. The molecule has 4 bridgehead atoms. The Hall–Kier alpha value is -1.26. The third-order valence-corrected chi connectivity index (χ3v) is 8.53. The van der Waals surface area contributed by atoms with E-state index in [4.69, 9.17) is 23.2 Å². The molecule has 2 amide bonds. The monoisotopic (exact) mass is 434 g/mol. The van der Waals surface area contributed by atoms with Gasteiger partial charge in [-0.25, -0.2) is 0 Å². The van der Waals surface area contributed by atoms with Crippen molar-refractivity contribution in [2.24, 2.45) is 23.2 Å². The van der Waals surface area contributed by atoms with Crippen LogP contribution in [-0.2, 0) is 4.79 Å². The van der Waals surface area contributed by atoms with Crippen LogP contribution in [0.2, 0.25) is 10.0 Å². The van der Waals surface area contributed by atoms with Gasteiger partial charge in [-0.2, -0.15) is 0 Å². The van der Waals surface area contributed by atoms with Gasteiger partial charge in [-0.3, -0.25) is 9.59 Å². The first-order valence-corrected chi connectivity index (χ1v) is 11.7. The lowest BCUT2D eigenvalue weighted by Gasteiger charge is -2.57. The lowest BCUT2D eigenvalue weighted by Crippen LogP contribution is -2.56. The molecule has 1 N–H and O–H groups in total. The molecule has 0 atom stereocenters. The Labute approximate surface area is 182 Å². The Bertz CT molecular complexity index is 797. The van der Waals surface area contributed by atoms with Gasteiger partial charge in [0.2, 0.25) is 5.91 Å². The maximum absolute atomic E-state index is 13.5. The molecular weight excluding hydrogens is 407 g/mol. The number of piperidine rings is 1. The zero-order chi connectivity index (χ0) is 20.2. The summed E-state index contributed by atoms with van der Waals surface area (Å²) in [4.78, 5) is 28.1. The Morgan fingerprint density at radius 3 is 2.07 bits per heavy atom. The SMILES string of the molecule is O=C(NC1CCN(C(=O)C23CC4CC(CC(C4)C2)C3)CC1)c1ccc(Cl)c(Cl)c1. The lowest BCUT2D eigenvalue weighted by molar-refractivity contribution is -0.158. The number of nitrogens with zero attached hydrogens (tertiary/aromatic N) is 1. The highest BCUT2D eigenvalue weighted by molar-refractivity contribution is 6.42. The third kappa shape index (κ3) is 3.67. The molecule has 1 aliphatic heterocycles. The minimum atomic E-state index is -0.130. The Kier molecular flexibility index (Phi) is 5.06. The Morgan fingerprint density at radius 2 is 1.52 bits per heavy atom. The fourth-order valence-electron chi connectivity index (χ4n) is 6.84. The van der Waals surface area contributed by atoms with E-state index in [0.29, 0.717) is 21.5 Å². The van der Waals surface area contributed by atoms with Gasteiger partial charge in [0.15, 0.2) is 0 Å². The summed E-state index contributed by atoms with van der Waals surface area (Å²) in [5, 5.41) is 3.93. The molecule has 5 fully saturated rings. The van der Waals surface area contributed by atoms with Crippen molar-refractivity contribution in [3.8, 4) is 0 Å². The number of hydrogen-bond acceptors (Lipinski definition) is 2. The van der Waals surface area contributed by atoms with Crippen molar-refractivity contribution < 1.29 is 9.59 Å². The molecule has 4 nitrogen and oxygen atoms in total. The number of halogens is 2. The molecule has 1 aromatic carbocycles. The van der Waals surface area contributed by atoms with Crippen LogP contribution in [0, 0.1) is 23.2 Å². The number of nitrogens with one attached hydrogen (secondary N) is 1. The average molecular weight is 435 g/mol. The van der Waals surface area contributed by atoms with Crippen molar-refractivity contribution in [1.82, 2.24) is 10.2 Å². The lowest BCUT2D eigenvalue weighted by atomic mass is 9.49. The molecular formula is C23H28Cl2N2O2. The summed E-state index contributed by atoms with van der Waals surface area (Å²) in [5.41, 5.74) is 0.455. The van der Waals surface area contributed by atoms with Gasteiger partial charge in [0.05, 0.1) is 15.5 Å². The van der Waals surface area contributed by atoms with Gasteiger partial charge in [-0.05, 0) is 87.3 Å².